The van der Waals surface area contributed by atoms with Crippen LogP contribution in [0.4, 0.5) is 5.69 Å². The van der Waals surface area contributed by atoms with Gasteiger partial charge in [-0.2, -0.15) is 9.78 Å². The van der Waals surface area contributed by atoms with Crippen molar-refractivity contribution in [3.8, 4) is 5.69 Å². The maximum Gasteiger partial charge on any atom is 0.292 e. The van der Waals surface area contributed by atoms with Gasteiger partial charge in [0.2, 0.25) is 5.91 Å². The molecule has 1 aromatic heterocycles. The fraction of sp³-hybridized carbons (Fsp3) is 0.500. The number of carbonyl (C=O) groups is 1. The van der Waals surface area contributed by atoms with Crippen LogP contribution in [0, 0.1) is 0 Å². The van der Waals surface area contributed by atoms with Gasteiger partial charge < -0.3 is 10.1 Å². The van der Waals surface area contributed by atoms with Crippen molar-refractivity contribution in [3.63, 3.8) is 0 Å². The average Bonchev–Trinajstić information content (AvgIpc) is 3.27. The molecule has 1 atom stereocenters. The minimum Gasteiger partial charge on any atom is -0.378 e. The Morgan fingerprint density at radius 2 is 1.86 bits per heavy atom. The molecule has 29 heavy (non-hydrogen) atoms. The number of aromatic nitrogens is 2. The lowest BCUT2D eigenvalue weighted by Crippen LogP contribution is -2.27. The third-order valence-electron chi connectivity index (χ3n) is 5.84. The summed E-state index contributed by atoms with van der Waals surface area (Å²) >= 11 is 6.25. The number of benzene rings is 1. The van der Waals surface area contributed by atoms with Crippen LogP contribution in [0.2, 0.25) is 5.02 Å². The third kappa shape index (κ3) is 4.70. The molecule has 7 heteroatoms. The number of carbonyl (C=O) groups excluding carboxylic acids is 1. The number of anilines is 1. The molecule has 0 bridgehead atoms. The van der Waals surface area contributed by atoms with E-state index in [0.29, 0.717) is 18.2 Å². The number of ether oxygens (including phenoxy) is 1. The highest BCUT2D eigenvalue weighted by atomic mass is 35.5. The summed E-state index contributed by atoms with van der Waals surface area (Å²) < 4.78 is 6.85. The Morgan fingerprint density at radius 3 is 2.55 bits per heavy atom. The summed E-state index contributed by atoms with van der Waals surface area (Å²) in [7, 11) is 0. The first kappa shape index (κ1) is 20.1. The van der Waals surface area contributed by atoms with E-state index in [-0.39, 0.29) is 29.1 Å². The summed E-state index contributed by atoms with van der Waals surface area (Å²) in [5.74, 6) is 0.390. The number of nitrogens with one attached hydrogen (secondary N) is 1. The van der Waals surface area contributed by atoms with Crippen LogP contribution in [-0.2, 0) is 9.53 Å². The van der Waals surface area contributed by atoms with Gasteiger partial charge in [-0.15, -0.1) is 0 Å². The second-order valence-corrected chi connectivity index (χ2v) is 8.28. The van der Waals surface area contributed by atoms with Crippen LogP contribution in [0.15, 0.2) is 35.3 Å². The molecule has 1 saturated heterocycles. The Kier molecular flexibility index (Phi) is 6.31. The van der Waals surface area contributed by atoms with Crippen molar-refractivity contribution in [1.29, 1.82) is 0 Å². The summed E-state index contributed by atoms with van der Waals surface area (Å²) in [6, 6.07) is 7.93. The van der Waals surface area contributed by atoms with E-state index in [4.69, 9.17) is 16.3 Å². The van der Waals surface area contributed by atoms with Crippen molar-refractivity contribution in [2.75, 3.05) is 11.9 Å². The molecule has 1 N–H and O–H groups in total. The molecule has 4 rings (SSSR count). The molecule has 2 heterocycles. The largest absolute Gasteiger partial charge is 0.378 e. The fourth-order valence-electron chi connectivity index (χ4n) is 4.23. The Labute approximate surface area is 175 Å². The van der Waals surface area contributed by atoms with Crippen molar-refractivity contribution in [2.45, 2.75) is 63.4 Å². The molecule has 1 aromatic carbocycles. The van der Waals surface area contributed by atoms with E-state index < -0.39 is 5.56 Å². The van der Waals surface area contributed by atoms with E-state index in [1.807, 2.05) is 12.1 Å². The first-order valence-corrected chi connectivity index (χ1v) is 10.8. The maximum absolute atomic E-state index is 12.7. The van der Waals surface area contributed by atoms with Gasteiger partial charge in [0.15, 0.2) is 0 Å². The van der Waals surface area contributed by atoms with Gasteiger partial charge in [-0.25, -0.2) is 0 Å². The van der Waals surface area contributed by atoms with E-state index in [9.17, 15) is 9.59 Å². The van der Waals surface area contributed by atoms with Crippen LogP contribution in [-0.4, -0.2) is 28.4 Å². The van der Waals surface area contributed by atoms with Crippen LogP contribution in [0.25, 0.3) is 5.69 Å². The lowest BCUT2D eigenvalue weighted by Gasteiger charge is -2.22. The third-order valence-corrected chi connectivity index (χ3v) is 6.21. The predicted octanol–water partition coefficient (Wildman–Crippen LogP) is 4.44. The standard InChI is InChI=1S/C22H26ClN3O3/c23-21-19(25-20(27)13-18-7-3-4-12-29-18)14-24-26(22(21)28)17-10-8-16(9-11-17)15-5-1-2-6-15/h8-11,14-15,18H,1-7,12-13H2,(H,25,27). The second-order valence-electron chi connectivity index (χ2n) is 7.90. The molecule has 2 fully saturated rings. The van der Waals surface area contributed by atoms with Crippen molar-refractivity contribution in [1.82, 2.24) is 9.78 Å². The molecule has 2 aliphatic rings. The second kappa shape index (κ2) is 9.09. The molecule has 154 valence electrons. The molecule has 0 radical (unpaired) electrons. The van der Waals surface area contributed by atoms with Crippen LogP contribution < -0.4 is 10.9 Å². The molecule has 0 spiro atoms. The minimum atomic E-state index is -0.452. The summed E-state index contributed by atoms with van der Waals surface area (Å²) in [6.07, 6.45) is 9.59. The quantitative estimate of drug-likeness (QED) is 0.783. The van der Waals surface area contributed by atoms with Gasteiger partial charge in [0.1, 0.15) is 5.02 Å². The number of hydrogen-bond acceptors (Lipinski definition) is 4. The summed E-state index contributed by atoms with van der Waals surface area (Å²) in [6.45, 7) is 0.690. The fourth-order valence-corrected chi connectivity index (χ4v) is 4.40. The van der Waals surface area contributed by atoms with Gasteiger partial charge in [-0.3, -0.25) is 9.59 Å². The Bertz CT molecular complexity index is 914. The average molecular weight is 416 g/mol. The van der Waals surface area contributed by atoms with Crippen LogP contribution in [0.5, 0.6) is 0 Å². The van der Waals surface area contributed by atoms with Crippen molar-refractivity contribution >= 4 is 23.2 Å². The Hall–Kier alpha value is -2.18. The topological polar surface area (TPSA) is 73.2 Å². The van der Waals surface area contributed by atoms with Crippen molar-refractivity contribution in [3.05, 3.63) is 51.4 Å². The van der Waals surface area contributed by atoms with Crippen LogP contribution in [0.3, 0.4) is 0 Å². The summed E-state index contributed by atoms with van der Waals surface area (Å²) in [5.41, 5.74) is 1.75. The normalized spacial score (nSPS) is 20.0. The van der Waals surface area contributed by atoms with E-state index in [2.05, 4.69) is 22.5 Å². The number of nitrogens with zero attached hydrogens (tertiary/aromatic N) is 2. The minimum absolute atomic E-state index is 0.0437. The molecule has 1 saturated carbocycles. The van der Waals surface area contributed by atoms with Gasteiger partial charge in [-0.05, 0) is 55.7 Å². The zero-order chi connectivity index (χ0) is 20.2. The van der Waals surface area contributed by atoms with Gasteiger partial charge in [0, 0.05) is 6.61 Å². The van der Waals surface area contributed by atoms with Gasteiger partial charge in [0.25, 0.3) is 5.56 Å². The van der Waals surface area contributed by atoms with E-state index in [1.165, 1.54) is 42.1 Å². The van der Waals surface area contributed by atoms with E-state index in [1.54, 1.807) is 0 Å². The van der Waals surface area contributed by atoms with Crippen LogP contribution >= 0.6 is 11.6 Å². The molecule has 6 nitrogen and oxygen atoms in total. The van der Waals surface area contributed by atoms with Crippen LogP contribution in [0.1, 0.15) is 62.8 Å². The Balaban J connectivity index is 1.46. The monoisotopic (exact) mass is 415 g/mol. The van der Waals surface area contributed by atoms with Crippen molar-refractivity contribution < 1.29 is 9.53 Å². The molecule has 2 aromatic rings. The van der Waals surface area contributed by atoms with Crippen molar-refractivity contribution in [2.24, 2.45) is 0 Å². The van der Waals surface area contributed by atoms with E-state index in [0.717, 1.165) is 19.3 Å². The zero-order valence-electron chi connectivity index (χ0n) is 16.4. The van der Waals surface area contributed by atoms with E-state index >= 15 is 0 Å². The number of halogens is 1. The number of hydrogen-bond donors (Lipinski definition) is 1. The smallest absolute Gasteiger partial charge is 0.292 e. The molecular weight excluding hydrogens is 390 g/mol. The Morgan fingerprint density at radius 1 is 1.14 bits per heavy atom. The number of rotatable bonds is 5. The highest BCUT2D eigenvalue weighted by Gasteiger charge is 2.20. The lowest BCUT2D eigenvalue weighted by atomic mass is 9.98. The van der Waals surface area contributed by atoms with Gasteiger partial charge >= 0.3 is 0 Å². The first-order valence-electron chi connectivity index (χ1n) is 10.4. The lowest BCUT2D eigenvalue weighted by molar-refractivity contribution is -0.119. The highest BCUT2D eigenvalue weighted by molar-refractivity contribution is 6.33. The zero-order valence-corrected chi connectivity index (χ0v) is 17.2. The van der Waals surface area contributed by atoms with Gasteiger partial charge in [0.05, 0.1) is 30.1 Å². The number of amides is 1. The predicted molar refractivity (Wildman–Crippen MR) is 113 cm³/mol. The molecular formula is C22H26ClN3O3. The first-order chi connectivity index (χ1) is 14.1. The summed E-state index contributed by atoms with van der Waals surface area (Å²) in [4.78, 5) is 25.0. The SMILES string of the molecule is O=C(CC1CCCCO1)Nc1cnn(-c2ccc(C3CCCC3)cc2)c(=O)c1Cl. The molecule has 1 unspecified atom stereocenters. The maximum atomic E-state index is 12.7. The summed E-state index contributed by atoms with van der Waals surface area (Å²) in [5, 5.41) is 6.86. The highest BCUT2D eigenvalue weighted by Crippen LogP contribution is 2.34. The molecule has 1 amide bonds. The molecule has 1 aliphatic heterocycles. The molecule has 1 aliphatic carbocycles. The van der Waals surface area contributed by atoms with Gasteiger partial charge in [-0.1, -0.05) is 36.6 Å².